The van der Waals surface area contributed by atoms with Gasteiger partial charge in [-0.3, -0.25) is 0 Å². The lowest BCUT2D eigenvalue weighted by molar-refractivity contribution is 0.0527. The van der Waals surface area contributed by atoms with Crippen LogP contribution >= 0.6 is 0 Å². The zero-order valence-electron chi connectivity index (χ0n) is 12.1. The molecule has 0 saturated heterocycles. The highest BCUT2D eigenvalue weighted by Crippen LogP contribution is 2.28. The van der Waals surface area contributed by atoms with Gasteiger partial charge >= 0.3 is 5.97 Å². The van der Waals surface area contributed by atoms with Crippen molar-refractivity contribution < 1.29 is 9.53 Å². The van der Waals surface area contributed by atoms with Crippen LogP contribution in [-0.2, 0) is 4.74 Å². The SMILES string of the molecule is CCOC(=O)c1ccc(N(C)C)cc1-c1ccccc1. The van der Waals surface area contributed by atoms with Crippen LogP contribution in [0.25, 0.3) is 11.1 Å². The van der Waals surface area contributed by atoms with Crippen molar-refractivity contribution in [3.05, 3.63) is 54.1 Å². The van der Waals surface area contributed by atoms with E-state index in [-0.39, 0.29) is 5.97 Å². The van der Waals surface area contributed by atoms with E-state index in [9.17, 15) is 4.79 Å². The lowest BCUT2D eigenvalue weighted by atomic mass is 9.99. The lowest BCUT2D eigenvalue weighted by Crippen LogP contribution is -2.11. The fraction of sp³-hybridized carbons (Fsp3) is 0.235. The van der Waals surface area contributed by atoms with Gasteiger partial charge in [0.05, 0.1) is 12.2 Å². The van der Waals surface area contributed by atoms with Gasteiger partial charge in [-0.1, -0.05) is 30.3 Å². The van der Waals surface area contributed by atoms with E-state index in [1.165, 1.54) is 0 Å². The van der Waals surface area contributed by atoms with E-state index in [1.54, 1.807) is 0 Å². The minimum atomic E-state index is -0.281. The molecule has 0 atom stereocenters. The Hall–Kier alpha value is -2.29. The highest BCUT2D eigenvalue weighted by Gasteiger charge is 2.14. The molecule has 0 saturated carbocycles. The summed E-state index contributed by atoms with van der Waals surface area (Å²) in [6.45, 7) is 2.19. The molecule has 0 bridgehead atoms. The molecule has 0 radical (unpaired) electrons. The van der Waals surface area contributed by atoms with E-state index in [2.05, 4.69) is 0 Å². The second-order valence-electron chi connectivity index (χ2n) is 4.71. The summed E-state index contributed by atoms with van der Waals surface area (Å²) in [5.41, 5.74) is 3.56. The second-order valence-corrected chi connectivity index (χ2v) is 4.71. The third kappa shape index (κ3) is 2.99. The maximum Gasteiger partial charge on any atom is 0.338 e. The summed E-state index contributed by atoms with van der Waals surface area (Å²) in [7, 11) is 3.96. The van der Waals surface area contributed by atoms with E-state index >= 15 is 0 Å². The number of ether oxygens (including phenoxy) is 1. The molecule has 2 aromatic carbocycles. The fourth-order valence-electron chi connectivity index (χ4n) is 2.05. The molecule has 0 amide bonds. The van der Waals surface area contributed by atoms with Crippen LogP contribution in [0.3, 0.4) is 0 Å². The Morgan fingerprint density at radius 3 is 2.40 bits per heavy atom. The number of hydrogen-bond donors (Lipinski definition) is 0. The number of benzene rings is 2. The smallest absolute Gasteiger partial charge is 0.338 e. The number of rotatable bonds is 4. The quantitative estimate of drug-likeness (QED) is 0.794. The van der Waals surface area contributed by atoms with E-state index < -0.39 is 0 Å². The second kappa shape index (κ2) is 6.24. The van der Waals surface area contributed by atoms with Crippen molar-refractivity contribution in [2.75, 3.05) is 25.6 Å². The average Bonchev–Trinajstić information content (AvgIpc) is 2.47. The minimum absolute atomic E-state index is 0.281. The first kappa shape index (κ1) is 14.1. The Labute approximate surface area is 119 Å². The Morgan fingerprint density at radius 1 is 1.10 bits per heavy atom. The summed E-state index contributed by atoms with van der Waals surface area (Å²) in [5, 5.41) is 0. The van der Waals surface area contributed by atoms with Gasteiger partial charge in [0.25, 0.3) is 0 Å². The molecule has 3 nitrogen and oxygen atoms in total. The maximum atomic E-state index is 12.1. The first-order chi connectivity index (χ1) is 9.63. The van der Waals surface area contributed by atoms with Gasteiger partial charge < -0.3 is 9.64 Å². The van der Waals surface area contributed by atoms with Crippen molar-refractivity contribution in [2.45, 2.75) is 6.92 Å². The van der Waals surface area contributed by atoms with Crippen LogP contribution in [0.1, 0.15) is 17.3 Å². The topological polar surface area (TPSA) is 29.5 Å². The molecule has 20 heavy (non-hydrogen) atoms. The number of carbonyl (C=O) groups is 1. The number of nitrogens with zero attached hydrogens (tertiary/aromatic N) is 1. The zero-order chi connectivity index (χ0) is 14.5. The predicted molar refractivity (Wildman–Crippen MR) is 82.2 cm³/mol. The molecule has 0 fully saturated rings. The standard InChI is InChI=1S/C17H19NO2/c1-4-20-17(19)15-11-10-14(18(2)3)12-16(15)13-8-6-5-7-9-13/h5-12H,4H2,1-3H3. The summed E-state index contributed by atoms with van der Waals surface area (Å²) >= 11 is 0. The molecular formula is C17H19NO2. The molecule has 0 heterocycles. The van der Waals surface area contributed by atoms with Gasteiger partial charge in [-0.25, -0.2) is 4.79 Å². The molecule has 2 rings (SSSR count). The first-order valence-electron chi connectivity index (χ1n) is 6.67. The lowest BCUT2D eigenvalue weighted by Gasteiger charge is -2.16. The number of anilines is 1. The van der Waals surface area contributed by atoms with Gasteiger partial charge in [-0.15, -0.1) is 0 Å². The van der Waals surface area contributed by atoms with Gasteiger partial charge in [0.1, 0.15) is 0 Å². The number of carbonyl (C=O) groups excluding carboxylic acids is 1. The number of hydrogen-bond acceptors (Lipinski definition) is 3. The Bertz CT molecular complexity index is 591. The Morgan fingerprint density at radius 2 is 1.80 bits per heavy atom. The van der Waals surface area contributed by atoms with Crippen LogP contribution in [0.15, 0.2) is 48.5 Å². The van der Waals surface area contributed by atoms with E-state index in [1.807, 2.05) is 74.4 Å². The average molecular weight is 269 g/mol. The van der Waals surface area contributed by atoms with Crippen LogP contribution in [0.4, 0.5) is 5.69 Å². The van der Waals surface area contributed by atoms with Crippen molar-refractivity contribution in [1.29, 1.82) is 0 Å². The van der Waals surface area contributed by atoms with Crippen molar-refractivity contribution in [1.82, 2.24) is 0 Å². The van der Waals surface area contributed by atoms with Gasteiger partial charge in [0.15, 0.2) is 0 Å². The van der Waals surface area contributed by atoms with Crippen LogP contribution in [0.5, 0.6) is 0 Å². The van der Waals surface area contributed by atoms with E-state index in [0.29, 0.717) is 12.2 Å². The monoisotopic (exact) mass is 269 g/mol. The molecule has 3 heteroatoms. The summed E-state index contributed by atoms with van der Waals surface area (Å²) in [6, 6.07) is 15.7. The molecule has 0 spiro atoms. The van der Waals surface area contributed by atoms with Gasteiger partial charge in [0.2, 0.25) is 0 Å². The summed E-state index contributed by atoms with van der Waals surface area (Å²) in [5.74, 6) is -0.281. The van der Waals surface area contributed by atoms with Crippen LogP contribution < -0.4 is 4.90 Å². The molecule has 0 aromatic heterocycles. The predicted octanol–water partition coefficient (Wildman–Crippen LogP) is 3.60. The van der Waals surface area contributed by atoms with Crippen molar-refractivity contribution >= 4 is 11.7 Å². The van der Waals surface area contributed by atoms with Crippen LogP contribution in [0, 0.1) is 0 Å². The third-order valence-electron chi connectivity index (χ3n) is 3.10. The molecule has 0 aliphatic rings. The van der Waals surface area contributed by atoms with Gasteiger partial charge in [0, 0.05) is 19.8 Å². The normalized spacial score (nSPS) is 10.2. The van der Waals surface area contributed by atoms with Crippen molar-refractivity contribution in [2.24, 2.45) is 0 Å². The molecule has 0 aliphatic heterocycles. The van der Waals surface area contributed by atoms with Crippen LogP contribution in [0.2, 0.25) is 0 Å². The zero-order valence-corrected chi connectivity index (χ0v) is 12.1. The summed E-state index contributed by atoms with van der Waals surface area (Å²) in [6.07, 6.45) is 0. The first-order valence-corrected chi connectivity index (χ1v) is 6.67. The van der Waals surface area contributed by atoms with Gasteiger partial charge in [-0.05, 0) is 36.2 Å². The number of esters is 1. The molecule has 0 aliphatic carbocycles. The van der Waals surface area contributed by atoms with Crippen LogP contribution in [-0.4, -0.2) is 26.7 Å². The Kier molecular flexibility index (Phi) is 4.41. The minimum Gasteiger partial charge on any atom is -0.462 e. The van der Waals surface area contributed by atoms with E-state index in [0.717, 1.165) is 16.8 Å². The molecule has 0 N–H and O–H groups in total. The highest BCUT2D eigenvalue weighted by molar-refractivity contribution is 5.98. The molecule has 104 valence electrons. The summed E-state index contributed by atoms with van der Waals surface area (Å²) < 4.78 is 5.14. The fourth-order valence-corrected chi connectivity index (χ4v) is 2.05. The largest absolute Gasteiger partial charge is 0.462 e. The third-order valence-corrected chi connectivity index (χ3v) is 3.10. The maximum absolute atomic E-state index is 12.1. The van der Waals surface area contributed by atoms with Crippen molar-refractivity contribution in [3.63, 3.8) is 0 Å². The summed E-state index contributed by atoms with van der Waals surface area (Å²) in [4.78, 5) is 14.1. The van der Waals surface area contributed by atoms with Gasteiger partial charge in [-0.2, -0.15) is 0 Å². The molecule has 0 unspecified atom stereocenters. The van der Waals surface area contributed by atoms with Crippen molar-refractivity contribution in [3.8, 4) is 11.1 Å². The molecule has 2 aromatic rings. The molecular weight excluding hydrogens is 250 g/mol. The Balaban J connectivity index is 2.54. The highest BCUT2D eigenvalue weighted by atomic mass is 16.5. The van der Waals surface area contributed by atoms with E-state index in [4.69, 9.17) is 4.74 Å².